The van der Waals surface area contributed by atoms with E-state index in [1.54, 1.807) is 0 Å². The van der Waals surface area contributed by atoms with Crippen LogP contribution in [0.3, 0.4) is 0 Å². The molecule has 0 bridgehead atoms. The summed E-state index contributed by atoms with van der Waals surface area (Å²) >= 11 is 0. The van der Waals surface area contributed by atoms with Gasteiger partial charge in [0.05, 0.1) is 28.4 Å². The number of aromatic amines is 1. The summed E-state index contributed by atoms with van der Waals surface area (Å²) in [5.41, 5.74) is 8.26. The van der Waals surface area contributed by atoms with Gasteiger partial charge in [0.2, 0.25) is 0 Å². The molecule has 36 heavy (non-hydrogen) atoms. The van der Waals surface area contributed by atoms with Crippen molar-refractivity contribution in [3.05, 3.63) is 122 Å². The molecule has 0 saturated heterocycles. The molecule has 0 unspecified atom stereocenters. The van der Waals surface area contributed by atoms with E-state index >= 15 is 0 Å². The van der Waals surface area contributed by atoms with Gasteiger partial charge in [0, 0.05) is 38.6 Å². The average molecular weight is 460 g/mol. The van der Waals surface area contributed by atoms with Gasteiger partial charge in [-0.15, -0.1) is 0 Å². The smallest absolute Gasteiger partial charge is 0.0645 e. The van der Waals surface area contributed by atoms with Crippen molar-refractivity contribution < 1.29 is 0 Å². The normalized spacial score (nSPS) is 11.9. The molecule has 0 aliphatic heterocycles. The number of nitrogens with one attached hydrogen (secondary N) is 1. The summed E-state index contributed by atoms with van der Waals surface area (Å²) in [4.78, 5) is 8.08. The second kappa shape index (κ2) is 7.30. The maximum Gasteiger partial charge on any atom is 0.0645 e. The van der Waals surface area contributed by atoms with E-state index in [9.17, 15) is 0 Å². The van der Waals surface area contributed by atoms with E-state index in [-0.39, 0.29) is 0 Å². The lowest BCUT2D eigenvalue weighted by atomic mass is 9.94. The number of benzene rings is 5. The third-order valence-corrected chi connectivity index (χ3v) is 7.41. The lowest BCUT2D eigenvalue weighted by Gasteiger charge is -2.11. The summed E-state index contributed by atoms with van der Waals surface area (Å²) in [5.74, 6) is 0. The van der Waals surface area contributed by atoms with Crippen LogP contribution in [0.2, 0.25) is 0 Å². The standard InChI is InChI=1S/C33H21N3/c1-2-12-27-23(9-1)28(19-29-24-10-3-5-13-30(24)35-33(27)29)21-15-16-26-25-11-4-6-14-31(25)36(32(26)18-21)22-8-7-17-34-20-22/h1-20,35H. The number of para-hydroxylation sites is 2. The average Bonchev–Trinajstić information content (AvgIpc) is 3.48. The first-order chi connectivity index (χ1) is 17.9. The van der Waals surface area contributed by atoms with Crippen LogP contribution in [-0.2, 0) is 0 Å². The molecule has 0 amide bonds. The molecule has 3 heteroatoms. The van der Waals surface area contributed by atoms with Gasteiger partial charge in [0.1, 0.15) is 0 Å². The quantitative estimate of drug-likeness (QED) is 0.276. The number of nitrogens with zero attached hydrogens (tertiary/aromatic N) is 2. The summed E-state index contributed by atoms with van der Waals surface area (Å²) in [6.07, 6.45) is 3.76. The molecule has 0 saturated carbocycles. The van der Waals surface area contributed by atoms with Crippen molar-refractivity contribution in [2.45, 2.75) is 0 Å². The topological polar surface area (TPSA) is 33.6 Å². The van der Waals surface area contributed by atoms with E-state index in [1.165, 1.54) is 65.5 Å². The van der Waals surface area contributed by atoms with Gasteiger partial charge >= 0.3 is 0 Å². The first-order valence-electron chi connectivity index (χ1n) is 12.2. The maximum absolute atomic E-state index is 4.41. The maximum atomic E-state index is 4.41. The van der Waals surface area contributed by atoms with E-state index < -0.39 is 0 Å². The Morgan fingerprint density at radius 2 is 1.31 bits per heavy atom. The predicted molar refractivity (Wildman–Crippen MR) is 151 cm³/mol. The molecule has 3 heterocycles. The van der Waals surface area contributed by atoms with Crippen LogP contribution in [0, 0.1) is 0 Å². The van der Waals surface area contributed by atoms with Crippen LogP contribution >= 0.6 is 0 Å². The lowest BCUT2D eigenvalue weighted by Crippen LogP contribution is -1.94. The number of fused-ring (bicyclic) bond motifs is 8. The highest BCUT2D eigenvalue weighted by atomic mass is 15.0. The van der Waals surface area contributed by atoms with Gasteiger partial charge in [0.15, 0.2) is 0 Å². The Bertz CT molecular complexity index is 2100. The summed E-state index contributed by atoms with van der Waals surface area (Å²) in [5, 5.41) is 7.50. The van der Waals surface area contributed by atoms with Crippen molar-refractivity contribution in [3.8, 4) is 16.8 Å². The SMILES string of the molecule is c1cncc(-n2c3ccccc3c3ccc(-c4cc5c6ccccc6[nH]c5c5ccccc45)cc32)c1. The molecule has 0 aliphatic carbocycles. The molecular weight excluding hydrogens is 438 g/mol. The third kappa shape index (κ3) is 2.65. The van der Waals surface area contributed by atoms with E-state index in [2.05, 4.69) is 118 Å². The van der Waals surface area contributed by atoms with Crippen molar-refractivity contribution in [2.24, 2.45) is 0 Å². The van der Waals surface area contributed by atoms with E-state index in [0.29, 0.717) is 0 Å². The predicted octanol–water partition coefficient (Wildman–Crippen LogP) is 8.63. The number of hydrogen-bond donors (Lipinski definition) is 1. The highest BCUT2D eigenvalue weighted by molar-refractivity contribution is 6.21. The van der Waals surface area contributed by atoms with Crippen molar-refractivity contribution >= 4 is 54.4 Å². The van der Waals surface area contributed by atoms with Gasteiger partial charge in [-0.05, 0) is 52.9 Å². The second-order valence-corrected chi connectivity index (χ2v) is 9.36. The van der Waals surface area contributed by atoms with Gasteiger partial charge in [-0.2, -0.15) is 0 Å². The number of hydrogen-bond acceptors (Lipinski definition) is 1. The van der Waals surface area contributed by atoms with Crippen molar-refractivity contribution in [1.29, 1.82) is 0 Å². The molecule has 168 valence electrons. The first-order valence-corrected chi connectivity index (χ1v) is 12.2. The van der Waals surface area contributed by atoms with Gasteiger partial charge in [-0.1, -0.05) is 72.8 Å². The first kappa shape index (κ1) is 19.4. The fourth-order valence-corrected chi connectivity index (χ4v) is 5.83. The van der Waals surface area contributed by atoms with Crippen molar-refractivity contribution in [2.75, 3.05) is 0 Å². The molecule has 0 aliphatic rings. The summed E-state index contributed by atoms with van der Waals surface area (Å²) in [6.45, 7) is 0. The molecule has 3 nitrogen and oxygen atoms in total. The van der Waals surface area contributed by atoms with Crippen LogP contribution in [-0.4, -0.2) is 14.5 Å². The molecule has 3 aromatic heterocycles. The second-order valence-electron chi connectivity index (χ2n) is 9.36. The van der Waals surface area contributed by atoms with Gasteiger partial charge in [-0.3, -0.25) is 4.98 Å². The summed E-state index contributed by atoms with van der Waals surface area (Å²) in [7, 11) is 0. The van der Waals surface area contributed by atoms with Gasteiger partial charge in [0.25, 0.3) is 0 Å². The Morgan fingerprint density at radius 1 is 0.556 bits per heavy atom. The zero-order chi connectivity index (χ0) is 23.6. The zero-order valence-electron chi connectivity index (χ0n) is 19.4. The number of rotatable bonds is 2. The molecule has 1 N–H and O–H groups in total. The van der Waals surface area contributed by atoms with Crippen LogP contribution in [0.4, 0.5) is 0 Å². The Morgan fingerprint density at radius 3 is 2.17 bits per heavy atom. The van der Waals surface area contributed by atoms with Crippen LogP contribution in [0.1, 0.15) is 0 Å². The Labute approximate surface area is 207 Å². The molecule has 0 radical (unpaired) electrons. The number of pyridine rings is 1. The van der Waals surface area contributed by atoms with Crippen molar-refractivity contribution in [3.63, 3.8) is 0 Å². The van der Waals surface area contributed by atoms with E-state index in [1.807, 2.05) is 18.5 Å². The van der Waals surface area contributed by atoms with Crippen molar-refractivity contribution in [1.82, 2.24) is 14.5 Å². The molecular formula is C33H21N3. The largest absolute Gasteiger partial charge is 0.354 e. The van der Waals surface area contributed by atoms with Gasteiger partial charge in [-0.25, -0.2) is 0 Å². The van der Waals surface area contributed by atoms with E-state index in [0.717, 1.165) is 5.69 Å². The molecule has 0 spiro atoms. The molecule has 0 atom stereocenters. The monoisotopic (exact) mass is 459 g/mol. The zero-order valence-corrected chi connectivity index (χ0v) is 19.4. The third-order valence-electron chi connectivity index (χ3n) is 7.41. The minimum absolute atomic E-state index is 1.07. The van der Waals surface area contributed by atoms with Crippen LogP contribution in [0.5, 0.6) is 0 Å². The summed E-state index contributed by atoms with van der Waals surface area (Å²) in [6, 6.07) is 39.2. The van der Waals surface area contributed by atoms with Crippen LogP contribution in [0.25, 0.3) is 71.2 Å². The fraction of sp³-hybridized carbons (Fsp3) is 0. The van der Waals surface area contributed by atoms with Crippen LogP contribution in [0.15, 0.2) is 122 Å². The molecule has 8 aromatic rings. The Hall–Kier alpha value is -4.89. The van der Waals surface area contributed by atoms with E-state index in [4.69, 9.17) is 0 Å². The highest BCUT2D eigenvalue weighted by Gasteiger charge is 2.16. The molecule has 5 aromatic carbocycles. The molecule has 0 fully saturated rings. The number of H-pyrrole nitrogens is 1. The lowest BCUT2D eigenvalue weighted by molar-refractivity contribution is 1.14. The summed E-state index contributed by atoms with van der Waals surface area (Å²) < 4.78 is 2.33. The fourth-order valence-electron chi connectivity index (χ4n) is 5.83. The highest BCUT2D eigenvalue weighted by Crippen LogP contribution is 2.40. The van der Waals surface area contributed by atoms with Crippen LogP contribution < -0.4 is 0 Å². The minimum atomic E-state index is 1.07. The minimum Gasteiger partial charge on any atom is -0.354 e. The van der Waals surface area contributed by atoms with Gasteiger partial charge < -0.3 is 9.55 Å². The Kier molecular flexibility index (Phi) is 3.94. The number of aromatic nitrogens is 3. The Balaban J connectivity index is 1.49. The molecule has 8 rings (SSSR count).